The van der Waals surface area contributed by atoms with E-state index in [1.165, 1.54) is 0 Å². The van der Waals surface area contributed by atoms with E-state index >= 15 is 0 Å². The van der Waals surface area contributed by atoms with Crippen molar-refractivity contribution in [1.82, 2.24) is 14.5 Å². The Morgan fingerprint density at radius 2 is 1.71 bits per heavy atom. The number of rotatable bonds is 6. The Hall–Kier alpha value is -3.67. The van der Waals surface area contributed by atoms with Crippen molar-refractivity contribution in [3.63, 3.8) is 0 Å². The van der Waals surface area contributed by atoms with Crippen molar-refractivity contribution in [3.05, 3.63) is 82.3 Å². The second kappa shape index (κ2) is 9.17. The summed E-state index contributed by atoms with van der Waals surface area (Å²) in [6.45, 7) is 14.6. The minimum Gasteiger partial charge on any atom is -0.478 e. The second-order valence-corrected chi connectivity index (χ2v) is 10.0. The van der Waals surface area contributed by atoms with Crippen molar-refractivity contribution in [2.75, 3.05) is 0 Å². The molecule has 182 valence electrons. The van der Waals surface area contributed by atoms with Crippen molar-refractivity contribution < 1.29 is 14.6 Å². The van der Waals surface area contributed by atoms with E-state index in [1.807, 2.05) is 37.3 Å². The highest BCUT2D eigenvalue weighted by Crippen LogP contribution is 2.37. The summed E-state index contributed by atoms with van der Waals surface area (Å²) in [5, 5.41) is 9.90. The maximum Gasteiger partial charge on any atom is 0.349 e. The van der Waals surface area contributed by atoms with Crippen LogP contribution in [0.15, 0.2) is 48.5 Å². The van der Waals surface area contributed by atoms with Gasteiger partial charge < -0.3 is 9.84 Å². The standard InChI is InChI=1S/C29H33N3O3/c1-8-24-31-25-18(3)17(2)19(4)30-27(25)32(24)21-14-15-23(22(16-21)29(5,6)7)35-26(28(33)34)20-12-10-9-11-13-20/h9-16,26H,8H2,1-7H3,(H,33,34). The molecule has 6 heteroatoms. The molecular formula is C29H33N3O3. The van der Waals surface area contributed by atoms with Crippen LogP contribution in [0.4, 0.5) is 0 Å². The number of hydrogen-bond acceptors (Lipinski definition) is 4. The van der Waals surface area contributed by atoms with E-state index in [0.29, 0.717) is 11.3 Å². The largest absolute Gasteiger partial charge is 0.478 e. The first kappa shape index (κ1) is 24.5. The molecule has 0 saturated carbocycles. The quantitative estimate of drug-likeness (QED) is 0.352. The van der Waals surface area contributed by atoms with Gasteiger partial charge in [-0.15, -0.1) is 0 Å². The first-order chi connectivity index (χ1) is 16.5. The average Bonchev–Trinajstić information content (AvgIpc) is 3.19. The Labute approximate surface area is 206 Å². The number of carbonyl (C=O) groups is 1. The van der Waals surface area contributed by atoms with Gasteiger partial charge in [-0.25, -0.2) is 14.8 Å². The summed E-state index contributed by atoms with van der Waals surface area (Å²) >= 11 is 0. The van der Waals surface area contributed by atoms with Crippen LogP contribution in [0.1, 0.15) is 67.6 Å². The van der Waals surface area contributed by atoms with Crippen molar-refractivity contribution >= 4 is 17.1 Å². The maximum atomic E-state index is 12.1. The normalized spacial score (nSPS) is 12.7. The molecule has 2 aromatic carbocycles. The van der Waals surface area contributed by atoms with Crippen LogP contribution in [0.3, 0.4) is 0 Å². The average molecular weight is 472 g/mol. The Kier molecular flexibility index (Phi) is 6.41. The van der Waals surface area contributed by atoms with E-state index in [-0.39, 0.29) is 5.41 Å². The fraction of sp³-hybridized carbons (Fsp3) is 0.345. The smallest absolute Gasteiger partial charge is 0.349 e. The summed E-state index contributed by atoms with van der Waals surface area (Å²) in [7, 11) is 0. The third-order valence-electron chi connectivity index (χ3n) is 6.57. The molecule has 4 rings (SSSR count). The predicted octanol–water partition coefficient (Wildman–Crippen LogP) is 6.41. The number of carboxylic acids is 1. The van der Waals surface area contributed by atoms with E-state index in [9.17, 15) is 9.90 Å². The molecule has 0 aliphatic carbocycles. The van der Waals surface area contributed by atoms with Gasteiger partial charge in [-0.05, 0) is 55.5 Å². The summed E-state index contributed by atoms with van der Waals surface area (Å²) in [6.07, 6.45) is -0.343. The number of nitrogens with zero attached hydrogens (tertiary/aromatic N) is 3. The third kappa shape index (κ3) is 4.53. The van der Waals surface area contributed by atoms with Crippen molar-refractivity contribution in [1.29, 1.82) is 0 Å². The number of imidazole rings is 1. The molecule has 1 unspecified atom stereocenters. The Morgan fingerprint density at radius 3 is 2.31 bits per heavy atom. The summed E-state index contributed by atoms with van der Waals surface area (Å²) in [5.41, 5.74) is 7.20. The van der Waals surface area contributed by atoms with Gasteiger partial charge in [0.2, 0.25) is 6.10 Å². The van der Waals surface area contributed by atoms with Crippen LogP contribution in [0.2, 0.25) is 0 Å². The Balaban J connectivity index is 1.88. The van der Waals surface area contributed by atoms with E-state index in [2.05, 4.69) is 52.2 Å². The van der Waals surface area contributed by atoms with Gasteiger partial charge in [0.25, 0.3) is 0 Å². The highest BCUT2D eigenvalue weighted by atomic mass is 16.5. The zero-order valence-electron chi connectivity index (χ0n) is 21.5. The van der Waals surface area contributed by atoms with E-state index in [1.54, 1.807) is 12.1 Å². The van der Waals surface area contributed by atoms with E-state index in [0.717, 1.165) is 51.5 Å². The molecule has 0 aliphatic rings. The number of ether oxygens (including phenoxy) is 1. The number of aliphatic carboxylic acids is 1. The molecule has 2 heterocycles. The van der Waals surface area contributed by atoms with Crippen LogP contribution < -0.4 is 4.74 Å². The van der Waals surface area contributed by atoms with E-state index < -0.39 is 12.1 Å². The Bertz CT molecular complexity index is 1400. The fourth-order valence-electron chi connectivity index (χ4n) is 4.37. The lowest BCUT2D eigenvalue weighted by molar-refractivity contribution is -0.145. The monoisotopic (exact) mass is 471 g/mol. The summed E-state index contributed by atoms with van der Waals surface area (Å²) in [4.78, 5) is 21.9. The lowest BCUT2D eigenvalue weighted by atomic mass is 9.86. The first-order valence-electron chi connectivity index (χ1n) is 12.0. The van der Waals surface area contributed by atoms with Gasteiger partial charge in [0.05, 0.1) is 0 Å². The molecule has 0 fully saturated rings. The molecular weight excluding hydrogens is 438 g/mol. The maximum absolute atomic E-state index is 12.1. The van der Waals surface area contributed by atoms with Crippen LogP contribution in [0.5, 0.6) is 5.75 Å². The predicted molar refractivity (Wildman–Crippen MR) is 139 cm³/mol. The number of pyridine rings is 1. The van der Waals surface area contributed by atoms with Gasteiger partial charge in [0.15, 0.2) is 5.65 Å². The molecule has 0 aliphatic heterocycles. The number of aromatic nitrogens is 3. The van der Waals surface area contributed by atoms with Gasteiger partial charge in [-0.1, -0.05) is 58.0 Å². The number of hydrogen-bond donors (Lipinski definition) is 1. The molecule has 0 spiro atoms. The highest BCUT2D eigenvalue weighted by Gasteiger charge is 2.27. The van der Waals surface area contributed by atoms with Gasteiger partial charge in [0, 0.05) is 28.9 Å². The molecule has 0 saturated heterocycles. The topological polar surface area (TPSA) is 77.2 Å². The first-order valence-corrected chi connectivity index (χ1v) is 12.0. The molecule has 0 amide bonds. The molecule has 6 nitrogen and oxygen atoms in total. The number of fused-ring (bicyclic) bond motifs is 1. The van der Waals surface area contributed by atoms with Gasteiger partial charge in [-0.3, -0.25) is 4.57 Å². The summed E-state index contributed by atoms with van der Waals surface area (Å²) in [6, 6.07) is 14.9. The minimum absolute atomic E-state index is 0.288. The molecule has 0 bridgehead atoms. The van der Waals surface area contributed by atoms with Gasteiger partial charge >= 0.3 is 5.97 Å². The van der Waals surface area contributed by atoms with Crippen LogP contribution in [-0.4, -0.2) is 25.6 Å². The zero-order valence-corrected chi connectivity index (χ0v) is 21.5. The summed E-state index contributed by atoms with van der Waals surface area (Å²) in [5.74, 6) is 0.456. The van der Waals surface area contributed by atoms with Gasteiger partial charge in [-0.2, -0.15) is 0 Å². The Morgan fingerprint density at radius 1 is 1.03 bits per heavy atom. The van der Waals surface area contributed by atoms with Gasteiger partial charge in [0.1, 0.15) is 17.1 Å². The minimum atomic E-state index is -1.10. The third-order valence-corrected chi connectivity index (χ3v) is 6.57. The molecule has 0 radical (unpaired) electrons. The number of aryl methyl sites for hydroxylation is 3. The van der Waals surface area contributed by atoms with Crippen molar-refractivity contribution in [2.45, 2.75) is 66.4 Å². The van der Waals surface area contributed by atoms with Crippen molar-refractivity contribution in [2.24, 2.45) is 0 Å². The molecule has 2 aromatic heterocycles. The SMILES string of the molecule is CCc1nc2c(C)c(C)c(C)nc2n1-c1ccc(OC(C(=O)O)c2ccccc2)c(C(C)(C)C)c1. The van der Waals surface area contributed by atoms with Crippen molar-refractivity contribution in [3.8, 4) is 11.4 Å². The second-order valence-electron chi connectivity index (χ2n) is 10.0. The lowest BCUT2D eigenvalue weighted by Crippen LogP contribution is -2.21. The highest BCUT2D eigenvalue weighted by molar-refractivity contribution is 5.79. The molecule has 4 aromatic rings. The van der Waals surface area contributed by atoms with E-state index in [4.69, 9.17) is 14.7 Å². The fourth-order valence-corrected chi connectivity index (χ4v) is 4.37. The lowest BCUT2D eigenvalue weighted by Gasteiger charge is -2.26. The molecule has 35 heavy (non-hydrogen) atoms. The van der Waals surface area contributed by atoms with Crippen LogP contribution in [0, 0.1) is 20.8 Å². The summed E-state index contributed by atoms with van der Waals surface area (Å²) < 4.78 is 8.26. The number of carboxylic acid groups (broad SMARTS) is 1. The van der Waals surface area contributed by atoms with Crippen LogP contribution in [-0.2, 0) is 16.6 Å². The van der Waals surface area contributed by atoms with Crippen LogP contribution >= 0.6 is 0 Å². The van der Waals surface area contributed by atoms with Crippen LogP contribution in [0.25, 0.3) is 16.9 Å². The molecule has 1 atom stereocenters. The molecule has 1 N–H and O–H groups in total. The number of benzene rings is 2. The zero-order chi connectivity index (χ0) is 25.5.